The maximum Gasteiger partial charge on any atom is 0.194 e. The van der Waals surface area contributed by atoms with Gasteiger partial charge in [0.1, 0.15) is 0 Å². The van der Waals surface area contributed by atoms with Gasteiger partial charge in [-0.2, -0.15) is 0 Å². The number of carbonyl (C=O) groups is 1. The number of aromatic nitrogens is 1. The number of hydrogen-bond acceptors (Lipinski definition) is 2. The van der Waals surface area contributed by atoms with Crippen LogP contribution in [0.25, 0.3) is 10.9 Å². The molecule has 98 valence electrons. The van der Waals surface area contributed by atoms with Crippen molar-refractivity contribution in [3.05, 3.63) is 75.9 Å². The minimum atomic E-state index is -0.109. The Kier molecular flexibility index (Phi) is 3.43. The fourth-order valence-electron chi connectivity index (χ4n) is 2.04. The van der Waals surface area contributed by atoms with E-state index in [-0.39, 0.29) is 5.78 Å². The highest BCUT2D eigenvalue weighted by atomic mass is 35.5. The van der Waals surface area contributed by atoms with Crippen molar-refractivity contribution in [2.45, 2.75) is 0 Å². The predicted molar refractivity (Wildman–Crippen MR) is 81.6 cm³/mol. The second-order valence-corrected chi connectivity index (χ2v) is 5.22. The first-order chi connectivity index (χ1) is 9.65. The van der Waals surface area contributed by atoms with E-state index in [4.69, 9.17) is 23.2 Å². The molecule has 0 unspecified atom stereocenters. The molecular formula is C16H9Cl2NO. The fourth-order valence-corrected chi connectivity index (χ4v) is 2.47. The molecule has 0 aliphatic heterocycles. The summed E-state index contributed by atoms with van der Waals surface area (Å²) in [5, 5.41) is 1.95. The number of pyridine rings is 1. The van der Waals surface area contributed by atoms with Crippen molar-refractivity contribution in [1.82, 2.24) is 4.98 Å². The molecule has 0 saturated heterocycles. The van der Waals surface area contributed by atoms with Crippen molar-refractivity contribution >= 4 is 39.9 Å². The van der Waals surface area contributed by atoms with Gasteiger partial charge in [-0.3, -0.25) is 9.78 Å². The standard InChI is InChI=1S/C16H9Cl2NO/c17-13-5-1-4-11(8-13)16(20)12-7-10-3-2-6-14(18)15(10)19-9-12/h1-9H. The van der Waals surface area contributed by atoms with Crippen LogP contribution in [0.4, 0.5) is 0 Å². The first-order valence-electron chi connectivity index (χ1n) is 6.00. The molecule has 20 heavy (non-hydrogen) atoms. The Morgan fingerprint density at radius 1 is 0.950 bits per heavy atom. The summed E-state index contributed by atoms with van der Waals surface area (Å²) in [6.45, 7) is 0. The average Bonchev–Trinajstić information content (AvgIpc) is 2.46. The highest BCUT2D eigenvalue weighted by Gasteiger charge is 2.11. The summed E-state index contributed by atoms with van der Waals surface area (Å²) >= 11 is 12.0. The SMILES string of the molecule is O=C(c1cccc(Cl)c1)c1cnc2c(Cl)cccc2c1. The molecule has 1 aromatic heterocycles. The van der Waals surface area contributed by atoms with Gasteiger partial charge in [-0.25, -0.2) is 0 Å². The van der Waals surface area contributed by atoms with E-state index in [2.05, 4.69) is 4.98 Å². The Labute approximate surface area is 126 Å². The van der Waals surface area contributed by atoms with E-state index in [9.17, 15) is 4.79 Å². The number of ketones is 1. The van der Waals surface area contributed by atoms with Crippen molar-refractivity contribution in [3.63, 3.8) is 0 Å². The van der Waals surface area contributed by atoms with E-state index in [1.165, 1.54) is 6.20 Å². The lowest BCUT2D eigenvalue weighted by Crippen LogP contribution is -2.02. The number of benzene rings is 2. The summed E-state index contributed by atoms with van der Waals surface area (Å²) in [5.41, 5.74) is 1.75. The maximum atomic E-state index is 12.4. The lowest BCUT2D eigenvalue weighted by Gasteiger charge is -2.04. The van der Waals surface area contributed by atoms with Crippen molar-refractivity contribution < 1.29 is 4.79 Å². The van der Waals surface area contributed by atoms with Crippen LogP contribution in [0.1, 0.15) is 15.9 Å². The zero-order valence-corrected chi connectivity index (χ0v) is 11.8. The molecule has 0 radical (unpaired) electrons. The Bertz CT molecular complexity index is 814. The molecule has 1 heterocycles. The molecule has 3 aromatic rings. The van der Waals surface area contributed by atoms with Gasteiger partial charge < -0.3 is 0 Å². The van der Waals surface area contributed by atoms with E-state index < -0.39 is 0 Å². The summed E-state index contributed by atoms with van der Waals surface area (Å²) in [4.78, 5) is 16.7. The molecule has 0 saturated carbocycles. The molecular weight excluding hydrogens is 293 g/mol. The zero-order chi connectivity index (χ0) is 14.1. The highest BCUT2D eigenvalue weighted by Crippen LogP contribution is 2.23. The van der Waals surface area contributed by atoms with E-state index in [1.54, 1.807) is 36.4 Å². The molecule has 0 aliphatic carbocycles. The minimum absolute atomic E-state index is 0.109. The molecule has 0 N–H and O–H groups in total. The third-order valence-corrected chi connectivity index (χ3v) is 3.55. The molecule has 0 aliphatic rings. The monoisotopic (exact) mass is 301 g/mol. The summed E-state index contributed by atoms with van der Waals surface area (Å²) in [7, 11) is 0. The lowest BCUT2D eigenvalue weighted by molar-refractivity contribution is 0.103. The molecule has 0 atom stereocenters. The number of nitrogens with zero attached hydrogens (tertiary/aromatic N) is 1. The molecule has 0 spiro atoms. The Hall–Kier alpha value is -1.90. The molecule has 2 aromatic carbocycles. The molecule has 0 fully saturated rings. The van der Waals surface area contributed by atoms with Gasteiger partial charge in [-0.05, 0) is 24.3 Å². The van der Waals surface area contributed by atoms with Gasteiger partial charge in [-0.1, -0.05) is 47.5 Å². The average molecular weight is 302 g/mol. The maximum absolute atomic E-state index is 12.4. The number of fused-ring (bicyclic) bond motifs is 1. The predicted octanol–water partition coefficient (Wildman–Crippen LogP) is 4.77. The van der Waals surface area contributed by atoms with Crippen LogP contribution in [0.2, 0.25) is 10.0 Å². The normalized spacial score (nSPS) is 10.7. The summed E-state index contributed by atoms with van der Waals surface area (Å²) in [5.74, 6) is -0.109. The minimum Gasteiger partial charge on any atom is -0.289 e. The third-order valence-electron chi connectivity index (χ3n) is 3.01. The molecule has 0 amide bonds. The van der Waals surface area contributed by atoms with Crippen molar-refractivity contribution in [2.24, 2.45) is 0 Å². The number of halogens is 2. The van der Waals surface area contributed by atoms with Crippen LogP contribution in [0.15, 0.2) is 54.7 Å². The first-order valence-corrected chi connectivity index (χ1v) is 6.75. The van der Waals surface area contributed by atoms with E-state index in [0.29, 0.717) is 26.7 Å². The van der Waals surface area contributed by atoms with Gasteiger partial charge in [0.25, 0.3) is 0 Å². The number of hydrogen-bond donors (Lipinski definition) is 0. The molecule has 4 heteroatoms. The Balaban J connectivity index is 2.08. The van der Waals surface area contributed by atoms with Crippen LogP contribution in [-0.4, -0.2) is 10.8 Å². The molecule has 0 bridgehead atoms. The van der Waals surface area contributed by atoms with Crippen molar-refractivity contribution in [2.75, 3.05) is 0 Å². The Morgan fingerprint density at radius 3 is 2.55 bits per heavy atom. The van der Waals surface area contributed by atoms with Crippen LogP contribution >= 0.6 is 23.2 Å². The first kappa shape index (κ1) is 13.1. The fraction of sp³-hybridized carbons (Fsp3) is 0. The van der Waals surface area contributed by atoms with Crippen LogP contribution in [-0.2, 0) is 0 Å². The zero-order valence-electron chi connectivity index (χ0n) is 10.3. The van der Waals surface area contributed by atoms with Crippen LogP contribution in [0, 0.1) is 0 Å². The van der Waals surface area contributed by atoms with Crippen LogP contribution in [0.5, 0.6) is 0 Å². The second-order valence-electron chi connectivity index (χ2n) is 4.38. The summed E-state index contributed by atoms with van der Waals surface area (Å²) in [6, 6.07) is 14.1. The summed E-state index contributed by atoms with van der Waals surface area (Å²) in [6.07, 6.45) is 1.54. The molecule has 2 nitrogen and oxygen atoms in total. The lowest BCUT2D eigenvalue weighted by atomic mass is 10.0. The van der Waals surface area contributed by atoms with E-state index in [1.807, 2.05) is 12.1 Å². The van der Waals surface area contributed by atoms with Gasteiger partial charge in [0.15, 0.2) is 5.78 Å². The number of rotatable bonds is 2. The third kappa shape index (κ3) is 2.40. The smallest absolute Gasteiger partial charge is 0.194 e. The largest absolute Gasteiger partial charge is 0.289 e. The van der Waals surface area contributed by atoms with Gasteiger partial charge >= 0.3 is 0 Å². The van der Waals surface area contributed by atoms with Crippen LogP contribution < -0.4 is 0 Å². The van der Waals surface area contributed by atoms with Crippen molar-refractivity contribution in [1.29, 1.82) is 0 Å². The molecule has 3 rings (SSSR count). The van der Waals surface area contributed by atoms with Gasteiger partial charge in [0.05, 0.1) is 10.5 Å². The van der Waals surface area contributed by atoms with Gasteiger partial charge in [0, 0.05) is 27.7 Å². The second kappa shape index (κ2) is 5.23. The highest BCUT2D eigenvalue weighted by molar-refractivity contribution is 6.35. The topological polar surface area (TPSA) is 30.0 Å². The Morgan fingerprint density at radius 2 is 1.75 bits per heavy atom. The quantitative estimate of drug-likeness (QED) is 0.638. The number of carbonyl (C=O) groups excluding carboxylic acids is 1. The van der Waals surface area contributed by atoms with Crippen LogP contribution in [0.3, 0.4) is 0 Å². The summed E-state index contributed by atoms with van der Waals surface area (Å²) < 4.78 is 0. The van der Waals surface area contributed by atoms with Crippen molar-refractivity contribution in [3.8, 4) is 0 Å². The van der Waals surface area contributed by atoms with E-state index in [0.717, 1.165) is 5.39 Å². The number of para-hydroxylation sites is 1. The van der Waals surface area contributed by atoms with Gasteiger partial charge in [0.2, 0.25) is 0 Å². The van der Waals surface area contributed by atoms with E-state index >= 15 is 0 Å². The van der Waals surface area contributed by atoms with Gasteiger partial charge in [-0.15, -0.1) is 0 Å².